The lowest BCUT2D eigenvalue weighted by Crippen LogP contribution is -2.51. The van der Waals surface area contributed by atoms with Crippen LogP contribution in [0, 0.1) is 5.92 Å². The van der Waals surface area contributed by atoms with Gasteiger partial charge in [0, 0.05) is 36.4 Å². The van der Waals surface area contributed by atoms with E-state index in [2.05, 4.69) is 4.90 Å². The van der Waals surface area contributed by atoms with Gasteiger partial charge in [0.25, 0.3) is 0 Å². The molecule has 4 nitrogen and oxygen atoms in total. The van der Waals surface area contributed by atoms with E-state index in [1.165, 1.54) is 12.8 Å². The fourth-order valence-corrected chi connectivity index (χ4v) is 6.20. The van der Waals surface area contributed by atoms with Crippen molar-refractivity contribution in [1.82, 2.24) is 4.90 Å². The zero-order chi connectivity index (χ0) is 13.9. The van der Waals surface area contributed by atoms with Crippen molar-refractivity contribution < 1.29 is 8.42 Å². The first-order valence-electron chi connectivity index (χ1n) is 7.33. The minimum atomic E-state index is -2.97. The number of rotatable bonds is 4. The van der Waals surface area contributed by atoms with Gasteiger partial charge < -0.3 is 5.73 Å². The second-order valence-electron chi connectivity index (χ2n) is 5.68. The Bertz CT molecular complexity index is 386. The van der Waals surface area contributed by atoms with Crippen LogP contribution in [0.5, 0.6) is 0 Å². The fourth-order valence-electron chi connectivity index (χ4n) is 3.11. The summed E-state index contributed by atoms with van der Waals surface area (Å²) in [6.07, 6.45) is 4.72. The van der Waals surface area contributed by atoms with Crippen LogP contribution in [0.4, 0.5) is 0 Å². The van der Waals surface area contributed by atoms with Crippen LogP contribution in [0.15, 0.2) is 0 Å². The van der Waals surface area contributed by atoms with E-state index in [4.69, 9.17) is 5.73 Å². The first kappa shape index (κ1) is 15.6. The highest BCUT2D eigenvalue weighted by Crippen LogP contribution is 2.28. The van der Waals surface area contributed by atoms with E-state index in [0.29, 0.717) is 5.92 Å². The molecule has 6 heteroatoms. The minimum Gasteiger partial charge on any atom is -0.327 e. The van der Waals surface area contributed by atoms with Gasteiger partial charge in [-0.05, 0) is 18.8 Å². The van der Waals surface area contributed by atoms with Gasteiger partial charge in [-0.25, -0.2) is 8.42 Å². The molecule has 0 bridgehead atoms. The van der Waals surface area contributed by atoms with Crippen molar-refractivity contribution in [2.45, 2.75) is 44.0 Å². The van der Waals surface area contributed by atoms with Crippen LogP contribution in [-0.2, 0) is 9.84 Å². The lowest BCUT2D eigenvalue weighted by Gasteiger charge is -2.39. The summed E-state index contributed by atoms with van der Waals surface area (Å²) < 4.78 is 24.4. The lowest BCUT2D eigenvalue weighted by atomic mass is 9.85. The highest BCUT2D eigenvalue weighted by Gasteiger charge is 2.35. The van der Waals surface area contributed by atoms with E-state index < -0.39 is 9.84 Å². The lowest BCUT2D eigenvalue weighted by molar-refractivity contribution is 0.181. The molecule has 2 N–H and O–H groups in total. The molecule has 0 aromatic carbocycles. The summed E-state index contributed by atoms with van der Waals surface area (Å²) in [5, 5.41) is -0.287. The molecular formula is C13H26N2O2S2. The third-order valence-corrected chi connectivity index (χ3v) is 7.78. The molecule has 19 heavy (non-hydrogen) atoms. The molecule has 0 spiro atoms. The maximum atomic E-state index is 12.2. The summed E-state index contributed by atoms with van der Waals surface area (Å²) in [6, 6.07) is 0.258. The van der Waals surface area contributed by atoms with E-state index in [1.54, 1.807) is 18.7 Å². The number of hydrogen-bond donors (Lipinski definition) is 1. The number of nitrogens with zero attached hydrogens (tertiary/aromatic N) is 1. The van der Waals surface area contributed by atoms with Gasteiger partial charge in [-0.1, -0.05) is 19.8 Å². The SMILES string of the molecule is CCS(=O)(=O)C1CSCCN1CC1CCCCC1N. The Morgan fingerprint density at radius 1 is 1.32 bits per heavy atom. The van der Waals surface area contributed by atoms with E-state index in [9.17, 15) is 8.42 Å². The van der Waals surface area contributed by atoms with Gasteiger partial charge >= 0.3 is 0 Å². The normalized spacial score (nSPS) is 34.3. The predicted octanol–water partition coefficient (Wildman–Crippen LogP) is 1.31. The molecule has 0 amide bonds. The van der Waals surface area contributed by atoms with Crippen molar-refractivity contribution in [2.24, 2.45) is 11.7 Å². The molecule has 0 radical (unpaired) electrons. The molecule has 0 aromatic heterocycles. The Balaban J connectivity index is 2.03. The molecule has 2 aliphatic rings. The van der Waals surface area contributed by atoms with Crippen LogP contribution >= 0.6 is 11.8 Å². The maximum Gasteiger partial charge on any atom is 0.166 e. The van der Waals surface area contributed by atoms with Crippen LogP contribution in [0.25, 0.3) is 0 Å². The largest absolute Gasteiger partial charge is 0.327 e. The average Bonchev–Trinajstić information content (AvgIpc) is 2.42. The summed E-state index contributed by atoms with van der Waals surface area (Å²) in [4.78, 5) is 2.19. The van der Waals surface area contributed by atoms with Gasteiger partial charge in [-0.3, -0.25) is 4.90 Å². The van der Waals surface area contributed by atoms with Crippen molar-refractivity contribution in [3.63, 3.8) is 0 Å². The zero-order valence-corrected chi connectivity index (χ0v) is 13.4. The second kappa shape index (κ2) is 6.78. The van der Waals surface area contributed by atoms with E-state index in [-0.39, 0.29) is 17.2 Å². The average molecular weight is 306 g/mol. The molecule has 1 saturated heterocycles. The van der Waals surface area contributed by atoms with E-state index in [0.717, 1.165) is 37.4 Å². The molecule has 2 rings (SSSR count). The van der Waals surface area contributed by atoms with Crippen LogP contribution in [0.1, 0.15) is 32.6 Å². The summed E-state index contributed by atoms with van der Waals surface area (Å²) in [5.74, 6) is 2.48. The molecule has 0 aromatic rings. The quantitative estimate of drug-likeness (QED) is 0.848. The highest BCUT2D eigenvalue weighted by atomic mass is 32.2. The number of hydrogen-bond acceptors (Lipinski definition) is 5. The Labute approximate surface area is 121 Å². The maximum absolute atomic E-state index is 12.2. The molecule has 112 valence electrons. The van der Waals surface area contributed by atoms with Gasteiger partial charge in [-0.2, -0.15) is 11.8 Å². The molecule has 3 atom stereocenters. The van der Waals surface area contributed by atoms with E-state index in [1.807, 2.05) is 0 Å². The van der Waals surface area contributed by atoms with Crippen molar-refractivity contribution in [2.75, 3.05) is 30.3 Å². The third kappa shape index (κ3) is 3.86. The van der Waals surface area contributed by atoms with E-state index >= 15 is 0 Å². The van der Waals surface area contributed by atoms with Crippen molar-refractivity contribution in [3.8, 4) is 0 Å². The molecule has 1 saturated carbocycles. The Hall–Kier alpha value is 0.220. The van der Waals surface area contributed by atoms with Crippen LogP contribution in [-0.4, -0.2) is 55.1 Å². The zero-order valence-electron chi connectivity index (χ0n) is 11.8. The summed E-state index contributed by atoms with van der Waals surface area (Å²) in [7, 11) is -2.97. The van der Waals surface area contributed by atoms with Gasteiger partial charge in [0.2, 0.25) is 0 Å². The Kier molecular flexibility index (Phi) is 5.57. The standard InChI is InChI=1S/C13H26N2O2S2/c1-2-19(16,17)13-10-18-8-7-15(13)9-11-5-3-4-6-12(11)14/h11-13H,2-10,14H2,1H3. The number of nitrogens with two attached hydrogens (primary N) is 1. The van der Waals surface area contributed by atoms with Gasteiger partial charge in [0.05, 0.1) is 0 Å². The molecule has 3 unspecified atom stereocenters. The summed E-state index contributed by atoms with van der Waals surface area (Å²) >= 11 is 1.76. The highest BCUT2D eigenvalue weighted by molar-refractivity contribution is 8.01. The molecule has 1 heterocycles. The van der Waals surface area contributed by atoms with Gasteiger partial charge in [0.15, 0.2) is 9.84 Å². The van der Waals surface area contributed by atoms with Crippen molar-refractivity contribution >= 4 is 21.6 Å². The van der Waals surface area contributed by atoms with Crippen LogP contribution in [0.3, 0.4) is 0 Å². The molecular weight excluding hydrogens is 280 g/mol. The van der Waals surface area contributed by atoms with Crippen LogP contribution in [0.2, 0.25) is 0 Å². The summed E-state index contributed by atoms with van der Waals surface area (Å²) in [6.45, 7) is 3.50. The van der Waals surface area contributed by atoms with Gasteiger partial charge in [-0.15, -0.1) is 0 Å². The second-order valence-corrected chi connectivity index (χ2v) is 9.28. The molecule has 2 fully saturated rings. The van der Waals surface area contributed by atoms with Crippen molar-refractivity contribution in [1.29, 1.82) is 0 Å². The number of thioether (sulfide) groups is 1. The van der Waals surface area contributed by atoms with Crippen molar-refractivity contribution in [3.05, 3.63) is 0 Å². The first-order chi connectivity index (χ1) is 9.04. The minimum absolute atomic E-state index is 0.242. The number of sulfone groups is 1. The molecule has 1 aliphatic heterocycles. The van der Waals surface area contributed by atoms with Crippen LogP contribution < -0.4 is 5.73 Å². The predicted molar refractivity (Wildman–Crippen MR) is 82.1 cm³/mol. The first-order valence-corrected chi connectivity index (χ1v) is 10.2. The summed E-state index contributed by atoms with van der Waals surface area (Å²) in [5.41, 5.74) is 6.20. The molecule has 1 aliphatic carbocycles. The smallest absolute Gasteiger partial charge is 0.166 e. The Morgan fingerprint density at radius 3 is 2.74 bits per heavy atom. The third-order valence-electron chi connectivity index (χ3n) is 4.44. The fraction of sp³-hybridized carbons (Fsp3) is 1.00. The topological polar surface area (TPSA) is 63.4 Å². The monoisotopic (exact) mass is 306 g/mol. The Morgan fingerprint density at radius 2 is 2.05 bits per heavy atom. The van der Waals surface area contributed by atoms with Gasteiger partial charge in [0.1, 0.15) is 5.37 Å².